The van der Waals surface area contributed by atoms with Gasteiger partial charge in [0.1, 0.15) is 5.54 Å². The highest BCUT2D eigenvalue weighted by Gasteiger charge is 2.39. The lowest BCUT2D eigenvalue weighted by Gasteiger charge is -2.28. The molecule has 2 N–H and O–H groups in total. The average Bonchev–Trinajstić information content (AvgIpc) is 2.68. The first-order valence-corrected chi connectivity index (χ1v) is 6.43. The summed E-state index contributed by atoms with van der Waals surface area (Å²) in [6, 6.07) is 2.72. The van der Waals surface area contributed by atoms with Crippen molar-refractivity contribution in [1.29, 1.82) is 5.26 Å². The highest BCUT2D eigenvalue weighted by molar-refractivity contribution is 5.11. The third-order valence-corrected chi connectivity index (χ3v) is 4.07. The van der Waals surface area contributed by atoms with Gasteiger partial charge < -0.3 is 15.4 Å². The summed E-state index contributed by atoms with van der Waals surface area (Å²) < 4.78 is 5.14. The van der Waals surface area contributed by atoms with Crippen LogP contribution in [0, 0.1) is 17.2 Å². The zero-order valence-corrected chi connectivity index (χ0v) is 11.3. The lowest BCUT2D eigenvalue weighted by atomic mass is 9.87. The molecule has 0 heterocycles. The molecule has 0 bridgehead atoms. The van der Waals surface area contributed by atoms with Crippen molar-refractivity contribution in [3.05, 3.63) is 0 Å². The van der Waals surface area contributed by atoms with Gasteiger partial charge >= 0.3 is 0 Å². The fourth-order valence-electron chi connectivity index (χ4n) is 2.60. The first kappa shape index (κ1) is 14.4. The smallest absolute Gasteiger partial charge is 0.107 e. The van der Waals surface area contributed by atoms with Crippen molar-refractivity contribution in [3.63, 3.8) is 0 Å². The predicted octanol–water partition coefficient (Wildman–Crippen LogP) is 1.36. The van der Waals surface area contributed by atoms with E-state index in [2.05, 4.69) is 24.9 Å². The Hall–Kier alpha value is -0.630. The first-order chi connectivity index (χ1) is 8.03. The van der Waals surface area contributed by atoms with Crippen molar-refractivity contribution < 1.29 is 4.74 Å². The molecule has 4 nitrogen and oxygen atoms in total. The molecule has 0 aromatic rings. The van der Waals surface area contributed by atoms with Crippen LogP contribution in [0.2, 0.25) is 0 Å². The van der Waals surface area contributed by atoms with E-state index in [0.29, 0.717) is 12.0 Å². The first-order valence-electron chi connectivity index (χ1n) is 6.43. The summed E-state index contributed by atoms with van der Waals surface area (Å²) in [5.74, 6) is 0.352. The minimum Gasteiger partial charge on any atom is -0.383 e. The Morgan fingerprint density at radius 3 is 2.94 bits per heavy atom. The van der Waals surface area contributed by atoms with Gasteiger partial charge in [-0.3, -0.25) is 0 Å². The molecule has 0 saturated heterocycles. The van der Waals surface area contributed by atoms with Crippen LogP contribution in [-0.2, 0) is 4.74 Å². The highest BCUT2D eigenvalue weighted by atomic mass is 16.5. The molecule has 0 spiro atoms. The number of methoxy groups -OCH3 is 1. The SMILES string of the molecule is COCC(C)N(C)CCC1CCCC1(N)C#N. The molecule has 0 radical (unpaired) electrons. The highest BCUT2D eigenvalue weighted by Crippen LogP contribution is 2.35. The van der Waals surface area contributed by atoms with Crippen molar-refractivity contribution in [3.8, 4) is 6.07 Å². The lowest BCUT2D eigenvalue weighted by Crippen LogP contribution is -2.43. The number of nitrogens with two attached hydrogens (primary N) is 1. The summed E-state index contributed by atoms with van der Waals surface area (Å²) in [4.78, 5) is 2.28. The largest absolute Gasteiger partial charge is 0.383 e. The van der Waals surface area contributed by atoms with Crippen LogP contribution in [0.25, 0.3) is 0 Å². The minimum absolute atomic E-state index is 0.352. The Labute approximate surface area is 105 Å². The van der Waals surface area contributed by atoms with E-state index in [0.717, 1.165) is 38.8 Å². The van der Waals surface area contributed by atoms with E-state index < -0.39 is 5.54 Å². The maximum absolute atomic E-state index is 9.15. The second-order valence-electron chi connectivity index (χ2n) is 5.31. The Morgan fingerprint density at radius 1 is 1.65 bits per heavy atom. The summed E-state index contributed by atoms with van der Waals surface area (Å²) in [6.45, 7) is 3.88. The van der Waals surface area contributed by atoms with E-state index >= 15 is 0 Å². The van der Waals surface area contributed by atoms with Crippen molar-refractivity contribution >= 4 is 0 Å². The fourth-order valence-corrected chi connectivity index (χ4v) is 2.60. The number of rotatable bonds is 6. The maximum Gasteiger partial charge on any atom is 0.107 e. The second kappa shape index (κ2) is 6.34. The molecule has 4 heteroatoms. The average molecular weight is 239 g/mol. The van der Waals surface area contributed by atoms with Crippen molar-refractivity contribution in [2.75, 3.05) is 27.3 Å². The van der Waals surface area contributed by atoms with Crippen molar-refractivity contribution in [2.45, 2.75) is 44.2 Å². The second-order valence-corrected chi connectivity index (χ2v) is 5.31. The molecular weight excluding hydrogens is 214 g/mol. The summed E-state index contributed by atoms with van der Waals surface area (Å²) in [6.07, 6.45) is 4.04. The fraction of sp³-hybridized carbons (Fsp3) is 0.923. The Kier molecular flexibility index (Phi) is 5.38. The van der Waals surface area contributed by atoms with E-state index in [4.69, 9.17) is 15.7 Å². The number of ether oxygens (including phenoxy) is 1. The summed E-state index contributed by atoms with van der Waals surface area (Å²) in [5.41, 5.74) is 5.54. The number of nitriles is 1. The van der Waals surface area contributed by atoms with Gasteiger partial charge in [-0.1, -0.05) is 6.42 Å². The number of nitrogens with zero attached hydrogens (tertiary/aromatic N) is 2. The summed E-state index contributed by atoms with van der Waals surface area (Å²) in [5, 5.41) is 9.15. The standard InChI is InChI=1S/C13H25N3O/c1-11(9-17-3)16(2)8-6-12-5-4-7-13(12,15)10-14/h11-12H,4-9,15H2,1-3H3. The molecule has 1 aliphatic carbocycles. The van der Waals surface area contributed by atoms with Crippen LogP contribution < -0.4 is 5.73 Å². The zero-order chi connectivity index (χ0) is 12.9. The van der Waals surface area contributed by atoms with Crippen LogP contribution in [0.3, 0.4) is 0 Å². The lowest BCUT2D eigenvalue weighted by molar-refractivity contribution is 0.110. The molecule has 0 aliphatic heterocycles. The van der Waals surface area contributed by atoms with Gasteiger partial charge in [0, 0.05) is 13.2 Å². The van der Waals surface area contributed by atoms with Gasteiger partial charge in [0.15, 0.2) is 0 Å². The van der Waals surface area contributed by atoms with Gasteiger partial charge in [0.2, 0.25) is 0 Å². The van der Waals surface area contributed by atoms with E-state index in [1.54, 1.807) is 7.11 Å². The molecule has 1 aliphatic rings. The molecule has 1 rings (SSSR count). The summed E-state index contributed by atoms with van der Waals surface area (Å²) in [7, 11) is 3.82. The Bertz CT molecular complexity index is 276. The van der Waals surface area contributed by atoms with E-state index in [1.807, 2.05) is 0 Å². The molecule has 1 fully saturated rings. The van der Waals surface area contributed by atoms with Gasteiger partial charge in [-0.05, 0) is 45.7 Å². The molecule has 0 aromatic carbocycles. The van der Waals surface area contributed by atoms with E-state index in [1.165, 1.54) is 0 Å². The summed E-state index contributed by atoms with van der Waals surface area (Å²) >= 11 is 0. The molecule has 3 unspecified atom stereocenters. The third kappa shape index (κ3) is 3.67. The molecule has 1 saturated carbocycles. The van der Waals surface area contributed by atoms with Gasteiger partial charge in [-0.25, -0.2) is 0 Å². The monoisotopic (exact) mass is 239 g/mol. The van der Waals surface area contributed by atoms with Crippen LogP contribution >= 0.6 is 0 Å². The van der Waals surface area contributed by atoms with Gasteiger partial charge in [0.25, 0.3) is 0 Å². The van der Waals surface area contributed by atoms with Crippen molar-refractivity contribution in [2.24, 2.45) is 11.7 Å². The van der Waals surface area contributed by atoms with Crippen LogP contribution in [0.15, 0.2) is 0 Å². The van der Waals surface area contributed by atoms with Crippen LogP contribution in [0.1, 0.15) is 32.6 Å². The van der Waals surface area contributed by atoms with Gasteiger partial charge in [-0.15, -0.1) is 0 Å². The topological polar surface area (TPSA) is 62.3 Å². The molecule has 3 atom stereocenters. The van der Waals surface area contributed by atoms with Crippen LogP contribution in [0.4, 0.5) is 0 Å². The van der Waals surface area contributed by atoms with Crippen LogP contribution in [-0.4, -0.2) is 43.8 Å². The van der Waals surface area contributed by atoms with E-state index in [9.17, 15) is 0 Å². The minimum atomic E-state index is -0.578. The molecule has 0 amide bonds. The van der Waals surface area contributed by atoms with Crippen molar-refractivity contribution in [1.82, 2.24) is 4.90 Å². The zero-order valence-electron chi connectivity index (χ0n) is 11.3. The number of hydrogen-bond donors (Lipinski definition) is 1. The van der Waals surface area contributed by atoms with Crippen LogP contribution in [0.5, 0.6) is 0 Å². The van der Waals surface area contributed by atoms with Gasteiger partial charge in [0.05, 0.1) is 12.7 Å². The normalized spacial score (nSPS) is 30.5. The number of likely N-dealkylation sites (N-methyl/N-ethyl adjacent to an activating group) is 1. The number of hydrogen-bond acceptors (Lipinski definition) is 4. The molecule has 98 valence electrons. The molecule has 17 heavy (non-hydrogen) atoms. The Balaban J connectivity index is 2.38. The maximum atomic E-state index is 9.15. The predicted molar refractivity (Wildman–Crippen MR) is 68.5 cm³/mol. The van der Waals surface area contributed by atoms with Gasteiger partial charge in [-0.2, -0.15) is 5.26 Å². The van der Waals surface area contributed by atoms with E-state index in [-0.39, 0.29) is 0 Å². The quantitative estimate of drug-likeness (QED) is 0.760. The third-order valence-electron chi connectivity index (χ3n) is 4.07. The Morgan fingerprint density at radius 2 is 2.35 bits per heavy atom. The molecular formula is C13H25N3O. The molecule has 0 aromatic heterocycles.